The van der Waals surface area contributed by atoms with Crippen LogP contribution in [0.3, 0.4) is 0 Å². The van der Waals surface area contributed by atoms with Crippen LogP contribution >= 0.6 is 11.6 Å². The summed E-state index contributed by atoms with van der Waals surface area (Å²) >= 11 is 5.29. The summed E-state index contributed by atoms with van der Waals surface area (Å²) < 4.78 is 76.0. The van der Waals surface area contributed by atoms with E-state index in [-0.39, 0.29) is 5.02 Å². The molecule has 0 heterocycles. The fourth-order valence-electron chi connectivity index (χ4n) is 0.751. The number of rotatable bonds is 2. The fourth-order valence-corrected chi connectivity index (χ4v) is 0.913. The van der Waals surface area contributed by atoms with Gasteiger partial charge in [-0.05, 0) is 12.1 Å². The smallest absolute Gasteiger partial charge is 0.423 e. The minimum atomic E-state index is -5.93. The summed E-state index contributed by atoms with van der Waals surface area (Å²) in [6.45, 7) is 0. The lowest BCUT2D eigenvalue weighted by molar-refractivity contribution is -0.361. The summed E-state index contributed by atoms with van der Waals surface area (Å²) in [7, 11) is 0. The third kappa shape index (κ3) is 2.72. The van der Waals surface area contributed by atoms with E-state index in [0.717, 1.165) is 6.07 Å². The summed E-state index contributed by atoms with van der Waals surface area (Å²) in [6, 6.07) is 2.12. The lowest BCUT2D eigenvalue weighted by atomic mass is 10.3. The highest BCUT2D eigenvalue weighted by atomic mass is 35.5. The Morgan fingerprint density at radius 1 is 1.06 bits per heavy atom. The predicted molar refractivity (Wildman–Crippen MR) is 43.0 cm³/mol. The van der Waals surface area contributed by atoms with E-state index in [1.54, 1.807) is 0 Å². The second kappa shape index (κ2) is 4.04. The van der Waals surface area contributed by atoms with Gasteiger partial charge in [0.05, 0.1) is 0 Å². The van der Waals surface area contributed by atoms with E-state index in [0.29, 0.717) is 12.1 Å². The van der Waals surface area contributed by atoms with Crippen LogP contribution in [0.4, 0.5) is 26.3 Å². The van der Waals surface area contributed by atoms with Gasteiger partial charge in [-0.3, -0.25) is 0 Å². The van der Waals surface area contributed by atoms with Crippen LogP contribution < -0.4 is 4.74 Å². The van der Waals surface area contributed by atoms with Gasteiger partial charge >= 0.3 is 12.3 Å². The number of benzene rings is 1. The van der Waals surface area contributed by atoms with Crippen molar-refractivity contribution in [2.45, 2.75) is 12.3 Å². The Labute approximate surface area is 90.6 Å². The molecule has 8 heteroatoms. The number of hydrogen-bond donors (Lipinski definition) is 0. The lowest BCUT2D eigenvalue weighted by Gasteiger charge is -2.20. The Balaban J connectivity index is 3.01. The third-order valence-electron chi connectivity index (χ3n) is 1.46. The molecule has 0 atom stereocenters. The molecule has 0 radical (unpaired) electrons. The van der Waals surface area contributed by atoms with Crippen molar-refractivity contribution < 1.29 is 31.1 Å². The van der Waals surface area contributed by atoms with Gasteiger partial charge in [-0.1, -0.05) is 11.6 Å². The van der Waals surface area contributed by atoms with Crippen molar-refractivity contribution in [1.82, 2.24) is 0 Å². The number of hydrogen-bond acceptors (Lipinski definition) is 1. The first kappa shape index (κ1) is 13.0. The molecule has 90 valence electrons. The van der Waals surface area contributed by atoms with Crippen LogP contribution in [0.15, 0.2) is 18.2 Å². The average molecular weight is 265 g/mol. The first-order valence-corrected chi connectivity index (χ1v) is 4.10. The van der Waals surface area contributed by atoms with Crippen molar-refractivity contribution in [3.8, 4) is 5.75 Å². The van der Waals surface area contributed by atoms with Gasteiger partial charge in [-0.2, -0.15) is 22.0 Å². The predicted octanol–water partition coefficient (Wildman–Crippen LogP) is 4.01. The Hall–Kier alpha value is -1.11. The highest BCUT2D eigenvalue weighted by Gasteiger charge is 2.61. The number of alkyl halides is 5. The van der Waals surface area contributed by atoms with Crippen molar-refractivity contribution >= 4 is 11.6 Å². The Kier molecular flexibility index (Phi) is 3.27. The van der Waals surface area contributed by atoms with E-state index in [9.17, 15) is 26.3 Å². The standard InChI is InChI=1S/C8H3ClF6O/c9-4-1-2-5(10)6(3-4)16-8(14,15)7(11,12)13/h1-3H. The topological polar surface area (TPSA) is 9.23 Å². The highest BCUT2D eigenvalue weighted by Crippen LogP contribution is 2.38. The largest absolute Gasteiger partial charge is 0.499 e. The summed E-state index contributed by atoms with van der Waals surface area (Å²) in [6.07, 6.45) is -11.4. The van der Waals surface area contributed by atoms with Gasteiger partial charge in [-0.15, -0.1) is 0 Å². The summed E-state index contributed by atoms with van der Waals surface area (Å²) in [5, 5.41) is -0.227. The molecule has 0 aliphatic carbocycles. The van der Waals surface area contributed by atoms with Crippen molar-refractivity contribution in [1.29, 1.82) is 0 Å². The van der Waals surface area contributed by atoms with Gasteiger partial charge in [0.15, 0.2) is 11.6 Å². The zero-order valence-corrected chi connectivity index (χ0v) is 8.04. The van der Waals surface area contributed by atoms with Gasteiger partial charge in [0.2, 0.25) is 0 Å². The molecule has 0 N–H and O–H groups in total. The van der Waals surface area contributed by atoms with Gasteiger partial charge < -0.3 is 4.74 Å². The number of halogens is 7. The molecule has 0 amide bonds. The van der Waals surface area contributed by atoms with Crippen molar-refractivity contribution in [3.05, 3.63) is 29.0 Å². The molecule has 0 spiro atoms. The first-order chi connectivity index (χ1) is 7.13. The van der Waals surface area contributed by atoms with Gasteiger partial charge in [-0.25, -0.2) is 4.39 Å². The van der Waals surface area contributed by atoms with Gasteiger partial charge in [0.1, 0.15) is 0 Å². The van der Waals surface area contributed by atoms with E-state index in [4.69, 9.17) is 11.6 Å². The summed E-state index contributed by atoms with van der Waals surface area (Å²) in [4.78, 5) is 0. The van der Waals surface area contributed by atoms with E-state index in [1.165, 1.54) is 0 Å². The summed E-state index contributed by atoms with van der Waals surface area (Å²) in [5.74, 6) is -2.64. The molecule has 0 unspecified atom stereocenters. The number of ether oxygens (including phenoxy) is 1. The Morgan fingerprint density at radius 3 is 2.12 bits per heavy atom. The SMILES string of the molecule is Fc1ccc(Cl)cc1OC(F)(F)C(F)(F)F. The molecular formula is C8H3ClF6O. The van der Waals surface area contributed by atoms with E-state index in [2.05, 4.69) is 4.74 Å². The third-order valence-corrected chi connectivity index (χ3v) is 1.70. The molecule has 0 aliphatic rings. The fraction of sp³-hybridized carbons (Fsp3) is 0.250. The first-order valence-electron chi connectivity index (χ1n) is 3.72. The lowest BCUT2D eigenvalue weighted by Crippen LogP contribution is -2.42. The molecule has 0 aliphatic heterocycles. The Bertz CT molecular complexity index is 389. The molecule has 1 aromatic carbocycles. The van der Waals surface area contributed by atoms with Gasteiger partial charge in [0, 0.05) is 11.1 Å². The quantitative estimate of drug-likeness (QED) is 0.733. The molecule has 0 saturated carbocycles. The maximum absolute atomic E-state index is 12.8. The highest BCUT2D eigenvalue weighted by molar-refractivity contribution is 6.30. The van der Waals surface area contributed by atoms with Crippen LogP contribution in [0.25, 0.3) is 0 Å². The maximum atomic E-state index is 12.8. The monoisotopic (exact) mass is 264 g/mol. The van der Waals surface area contributed by atoms with Crippen molar-refractivity contribution in [2.24, 2.45) is 0 Å². The van der Waals surface area contributed by atoms with Crippen molar-refractivity contribution in [3.63, 3.8) is 0 Å². The molecule has 0 bridgehead atoms. The molecule has 16 heavy (non-hydrogen) atoms. The minimum absolute atomic E-state index is 0.227. The van der Waals surface area contributed by atoms with Gasteiger partial charge in [0.25, 0.3) is 0 Å². The van der Waals surface area contributed by atoms with Crippen LogP contribution in [-0.4, -0.2) is 12.3 Å². The zero-order valence-electron chi connectivity index (χ0n) is 7.29. The minimum Gasteiger partial charge on any atom is -0.423 e. The molecule has 0 aromatic heterocycles. The second-order valence-electron chi connectivity index (χ2n) is 2.69. The van der Waals surface area contributed by atoms with Crippen LogP contribution in [-0.2, 0) is 0 Å². The van der Waals surface area contributed by atoms with E-state index >= 15 is 0 Å². The maximum Gasteiger partial charge on any atom is 0.499 e. The normalized spacial score (nSPS) is 12.7. The average Bonchev–Trinajstić information content (AvgIpc) is 2.09. The molecule has 0 fully saturated rings. The molecule has 1 nitrogen and oxygen atoms in total. The second-order valence-corrected chi connectivity index (χ2v) is 3.13. The molecular weight excluding hydrogens is 262 g/mol. The zero-order chi connectivity index (χ0) is 12.6. The Morgan fingerprint density at radius 2 is 1.62 bits per heavy atom. The molecule has 1 rings (SSSR count). The van der Waals surface area contributed by atoms with Crippen LogP contribution in [0.1, 0.15) is 0 Å². The summed E-state index contributed by atoms with van der Waals surface area (Å²) in [5.41, 5.74) is 0. The van der Waals surface area contributed by atoms with Crippen molar-refractivity contribution in [2.75, 3.05) is 0 Å². The van der Waals surface area contributed by atoms with Crippen LogP contribution in [0.2, 0.25) is 5.02 Å². The van der Waals surface area contributed by atoms with E-state index < -0.39 is 23.9 Å². The molecule has 0 saturated heterocycles. The molecule has 1 aromatic rings. The van der Waals surface area contributed by atoms with Crippen LogP contribution in [0, 0.1) is 5.82 Å². The van der Waals surface area contributed by atoms with Crippen LogP contribution in [0.5, 0.6) is 5.75 Å². The van der Waals surface area contributed by atoms with E-state index in [1.807, 2.05) is 0 Å².